The van der Waals surface area contributed by atoms with Crippen LogP contribution in [0.15, 0.2) is 53.7 Å². The molecule has 0 saturated heterocycles. The van der Waals surface area contributed by atoms with Gasteiger partial charge in [0.1, 0.15) is 5.75 Å². The van der Waals surface area contributed by atoms with Crippen molar-refractivity contribution in [2.75, 3.05) is 19.4 Å². The van der Waals surface area contributed by atoms with Gasteiger partial charge in [0.05, 0.1) is 18.0 Å². The summed E-state index contributed by atoms with van der Waals surface area (Å²) < 4.78 is 7.12. The maximum absolute atomic E-state index is 12.6. The minimum absolute atomic E-state index is 0.0126. The molecule has 3 rings (SSSR count). The molecule has 0 unspecified atom stereocenters. The Hall–Kier alpha value is -2.87. The summed E-state index contributed by atoms with van der Waals surface area (Å²) in [7, 11) is 1.80. The third-order valence-corrected chi connectivity index (χ3v) is 5.55. The number of hydrogen-bond donors (Lipinski definition) is 0. The normalized spacial score (nSPS) is 11.0. The molecule has 0 aliphatic carbocycles. The molecule has 3 aromatic rings. The van der Waals surface area contributed by atoms with E-state index in [1.165, 1.54) is 17.3 Å². The first-order valence-electron chi connectivity index (χ1n) is 9.95. The fourth-order valence-corrected chi connectivity index (χ4v) is 3.72. The first kappa shape index (κ1) is 21.8. The number of aromatic nitrogens is 4. The Morgan fingerprint density at radius 3 is 2.47 bits per heavy atom. The zero-order chi connectivity index (χ0) is 21.5. The lowest BCUT2D eigenvalue weighted by Crippen LogP contribution is -2.27. The SMILES string of the molecule is CCOc1ccc(CN(C)C(=O)CSc2nnnn2-c2ccc(C(C)C)cc2)cc1. The molecule has 0 saturated carbocycles. The zero-order valence-electron chi connectivity index (χ0n) is 17.8. The van der Waals surface area contributed by atoms with Gasteiger partial charge >= 0.3 is 0 Å². The number of hydrogen-bond acceptors (Lipinski definition) is 6. The predicted molar refractivity (Wildman–Crippen MR) is 118 cm³/mol. The van der Waals surface area contributed by atoms with Gasteiger partial charge in [-0.05, 0) is 58.7 Å². The molecule has 7 nitrogen and oxygen atoms in total. The maximum atomic E-state index is 12.6. The molecule has 0 atom stereocenters. The fourth-order valence-electron chi connectivity index (χ4n) is 2.89. The second kappa shape index (κ2) is 10.2. The molecule has 0 radical (unpaired) electrons. The van der Waals surface area contributed by atoms with Gasteiger partial charge in [-0.3, -0.25) is 4.79 Å². The van der Waals surface area contributed by atoms with Crippen LogP contribution >= 0.6 is 11.8 Å². The van der Waals surface area contributed by atoms with Crippen molar-refractivity contribution in [1.29, 1.82) is 0 Å². The Morgan fingerprint density at radius 2 is 1.83 bits per heavy atom. The van der Waals surface area contributed by atoms with Gasteiger partial charge in [-0.15, -0.1) is 5.10 Å². The summed E-state index contributed by atoms with van der Waals surface area (Å²) in [6.07, 6.45) is 0. The lowest BCUT2D eigenvalue weighted by Gasteiger charge is -2.17. The number of nitrogens with zero attached hydrogens (tertiary/aromatic N) is 5. The van der Waals surface area contributed by atoms with Crippen LogP contribution in [0.1, 0.15) is 37.8 Å². The van der Waals surface area contributed by atoms with E-state index >= 15 is 0 Å². The van der Waals surface area contributed by atoms with Gasteiger partial charge in [0, 0.05) is 13.6 Å². The summed E-state index contributed by atoms with van der Waals surface area (Å²) in [6.45, 7) is 7.43. The van der Waals surface area contributed by atoms with Crippen LogP contribution in [-0.4, -0.2) is 50.4 Å². The van der Waals surface area contributed by atoms with Crippen LogP contribution in [-0.2, 0) is 11.3 Å². The molecule has 8 heteroatoms. The summed E-state index contributed by atoms with van der Waals surface area (Å²) in [6, 6.07) is 15.9. The van der Waals surface area contributed by atoms with Crippen molar-refractivity contribution in [2.24, 2.45) is 0 Å². The van der Waals surface area contributed by atoms with Gasteiger partial charge < -0.3 is 9.64 Å². The molecule has 0 aliphatic rings. The summed E-state index contributed by atoms with van der Waals surface area (Å²) in [4.78, 5) is 14.3. The van der Waals surface area contributed by atoms with Gasteiger partial charge in [-0.2, -0.15) is 4.68 Å². The molecular weight excluding hydrogens is 398 g/mol. The standard InChI is InChI=1S/C22H27N5O2S/c1-5-29-20-12-6-17(7-13-20)14-26(4)21(28)15-30-22-23-24-25-27(22)19-10-8-18(9-11-19)16(2)3/h6-13,16H,5,14-15H2,1-4H3. The first-order valence-corrected chi connectivity index (χ1v) is 10.9. The molecule has 1 aromatic heterocycles. The predicted octanol–water partition coefficient (Wildman–Crippen LogP) is 3.94. The summed E-state index contributed by atoms with van der Waals surface area (Å²) >= 11 is 1.33. The number of ether oxygens (including phenoxy) is 1. The minimum atomic E-state index is 0.0126. The Balaban J connectivity index is 1.57. The Kier molecular flexibility index (Phi) is 7.46. The van der Waals surface area contributed by atoms with Crippen LogP contribution in [0.4, 0.5) is 0 Å². The molecule has 2 aromatic carbocycles. The Labute approximate surface area is 181 Å². The molecule has 0 bridgehead atoms. The number of carbonyl (C=O) groups excluding carboxylic acids is 1. The average Bonchev–Trinajstić information content (AvgIpc) is 3.22. The van der Waals surface area contributed by atoms with Crippen LogP contribution < -0.4 is 4.74 Å². The molecule has 1 heterocycles. The monoisotopic (exact) mass is 425 g/mol. The van der Waals surface area contributed by atoms with Crippen LogP contribution in [0, 0.1) is 0 Å². The highest BCUT2D eigenvalue weighted by Gasteiger charge is 2.15. The quantitative estimate of drug-likeness (QED) is 0.484. The van der Waals surface area contributed by atoms with Crippen LogP contribution in [0.3, 0.4) is 0 Å². The highest BCUT2D eigenvalue weighted by Crippen LogP contribution is 2.21. The summed E-state index contributed by atoms with van der Waals surface area (Å²) in [5.41, 5.74) is 3.18. The fraction of sp³-hybridized carbons (Fsp3) is 0.364. The van der Waals surface area contributed by atoms with Crippen molar-refractivity contribution in [1.82, 2.24) is 25.1 Å². The summed E-state index contributed by atoms with van der Waals surface area (Å²) in [5.74, 6) is 1.57. The number of thioether (sulfide) groups is 1. The van der Waals surface area contributed by atoms with E-state index in [4.69, 9.17) is 4.74 Å². The van der Waals surface area contributed by atoms with Crippen molar-refractivity contribution in [3.63, 3.8) is 0 Å². The molecule has 158 valence electrons. The summed E-state index contributed by atoms with van der Waals surface area (Å²) in [5, 5.41) is 12.5. The number of amides is 1. The Bertz CT molecular complexity index is 954. The van der Waals surface area contributed by atoms with Crippen LogP contribution in [0.25, 0.3) is 5.69 Å². The van der Waals surface area contributed by atoms with Gasteiger partial charge in [0.25, 0.3) is 0 Å². The molecule has 30 heavy (non-hydrogen) atoms. The minimum Gasteiger partial charge on any atom is -0.494 e. The van der Waals surface area contributed by atoms with E-state index in [0.717, 1.165) is 17.0 Å². The smallest absolute Gasteiger partial charge is 0.233 e. The van der Waals surface area contributed by atoms with Gasteiger partial charge in [-0.1, -0.05) is 49.9 Å². The highest BCUT2D eigenvalue weighted by atomic mass is 32.2. The lowest BCUT2D eigenvalue weighted by atomic mass is 10.0. The first-order chi connectivity index (χ1) is 14.5. The second-order valence-electron chi connectivity index (χ2n) is 7.23. The number of carbonyl (C=O) groups is 1. The molecule has 0 fully saturated rings. The topological polar surface area (TPSA) is 73.1 Å². The second-order valence-corrected chi connectivity index (χ2v) is 8.18. The van der Waals surface area contributed by atoms with Crippen molar-refractivity contribution < 1.29 is 9.53 Å². The van der Waals surface area contributed by atoms with E-state index in [1.54, 1.807) is 16.6 Å². The van der Waals surface area contributed by atoms with Crippen molar-refractivity contribution in [2.45, 2.75) is 38.4 Å². The van der Waals surface area contributed by atoms with E-state index < -0.39 is 0 Å². The molecule has 0 aliphatic heterocycles. The lowest BCUT2D eigenvalue weighted by molar-refractivity contribution is -0.127. The molecule has 1 amide bonds. The third-order valence-electron chi connectivity index (χ3n) is 4.65. The van der Waals surface area contributed by atoms with Gasteiger partial charge in [-0.25, -0.2) is 0 Å². The van der Waals surface area contributed by atoms with E-state index in [-0.39, 0.29) is 11.7 Å². The van der Waals surface area contributed by atoms with E-state index in [0.29, 0.717) is 24.2 Å². The number of tetrazole rings is 1. The van der Waals surface area contributed by atoms with E-state index in [2.05, 4.69) is 41.5 Å². The van der Waals surface area contributed by atoms with Crippen molar-refractivity contribution in [3.05, 3.63) is 59.7 Å². The maximum Gasteiger partial charge on any atom is 0.233 e. The van der Waals surface area contributed by atoms with E-state index in [9.17, 15) is 4.79 Å². The van der Waals surface area contributed by atoms with Crippen LogP contribution in [0.5, 0.6) is 5.75 Å². The number of benzene rings is 2. The molecular formula is C22H27N5O2S. The van der Waals surface area contributed by atoms with E-state index in [1.807, 2.05) is 43.3 Å². The van der Waals surface area contributed by atoms with Crippen molar-refractivity contribution in [3.8, 4) is 11.4 Å². The van der Waals surface area contributed by atoms with Crippen LogP contribution in [0.2, 0.25) is 0 Å². The number of rotatable bonds is 9. The average molecular weight is 426 g/mol. The van der Waals surface area contributed by atoms with Gasteiger partial charge in [0.15, 0.2) is 0 Å². The third kappa shape index (κ3) is 5.60. The Morgan fingerprint density at radius 1 is 1.13 bits per heavy atom. The largest absolute Gasteiger partial charge is 0.494 e. The van der Waals surface area contributed by atoms with Crippen molar-refractivity contribution >= 4 is 17.7 Å². The molecule has 0 spiro atoms. The van der Waals surface area contributed by atoms with Gasteiger partial charge in [0.2, 0.25) is 11.1 Å². The highest BCUT2D eigenvalue weighted by molar-refractivity contribution is 7.99. The zero-order valence-corrected chi connectivity index (χ0v) is 18.6. The molecule has 0 N–H and O–H groups in total.